The predicted molar refractivity (Wildman–Crippen MR) is 77.5 cm³/mol. The van der Waals surface area contributed by atoms with Gasteiger partial charge in [-0.05, 0) is 39.4 Å². The number of nitrogens with one attached hydrogen (secondary N) is 1. The Hall–Kier alpha value is -0.730. The van der Waals surface area contributed by atoms with E-state index in [2.05, 4.69) is 11.4 Å². The number of rotatable bonds is 8. The largest absolute Gasteiger partial charge is 0.348 e. The molecule has 0 aromatic carbocycles. The van der Waals surface area contributed by atoms with Crippen LogP contribution in [0, 0.1) is 11.3 Å². The van der Waals surface area contributed by atoms with Crippen LogP contribution in [-0.2, 0) is 4.79 Å². The van der Waals surface area contributed by atoms with Gasteiger partial charge < -0.3 is 4.90 Å². The van der Waals surface area contributed by atoms with E-state index in [1.165, 1.54) is 0 Å². The zero-order valence-corrected chi connectivity index (χ0v) is 12.9. The van der Waals surface area contributed by atoms with Crippen LogP contribution in [0.15, 0.2) is 0 Å². The fraction of sp³-hybridized carbons (Fsp3) is 0.846. The summed E-state index contributed by atoms with van der Waals surface area (Å²) in [6, 6.07) is 2.64. The summed E-state index contributed by atoms with van der Waals surface area (Å²) >= 11 is 1.63. The second-order valence-corrected chi connectivity index (χ2v) is 6.29. The molecule has 5 heteroatoms. The van der Waals surface area contributed by atoms with Gasteiger partial charge in [-0.3, -0.25) is 10.1 Å². The van der Waals surface area contributed by atoms with Crippen LogP contribution >= 0.6 is 11.8 Å². The van der Waals surface area contributed by atoms with Gasteiger partial charge >= 0.3 is 0 Å². The highest BCUT2D eigenvalue weighted by molar-refractivity contribution is 7.99. The van der Waals surface area contributed by atoms with Crippen molar-refractivity contribution >= 4 is 17.7 Å². The van der Waals surface area contributed by atoms with Gasteiger partial charge in [0.15, 0.2) is 0 Å². The molecule has 1 N–H and O–H groups in total. The third-order valence-electron chi connectivity index (χ3n) is 2.54. The lowest BCUT2D eigenvalue weighted by Gasteiger charge is -2.25. The van der Waals surface area contributed by atoms with Gasteiger partial charge in [0.25, 0.3) is 0 Å². The molecule has 0 aliphatic carbocycles. The van der Waals surface area contributed by atoms with E-state index < -0.39 is 5.54 Å². The number of carbonyl (C=O) groups is 1. The highest BCUT2D eigenvalue weighted by Gasteiger charge is 2.23. The van der Waals surface area contributed by atoms with Crippen molar-refractivity contribution in [3.63, 3.8) is 0 Å². The average Bonchev–Trinajstić information content (AvgIpc) is 2.27. The molecule has 104 valence electrons. The van der Waals surface area contributed by atoms with Gasteiger partial charge in [0.2, 0.25) is 5.91 Å². The SMILES string of the molecule is CC(C)NC(C)(C#N)CCCSCC(=O)N(C)C. The van der Waals surface area contributed by atoms with E-state index in [0.29, 0.717) is 11.8 Å². The molecule has 0 aromatic rings. The van der Waals surface area contributed by atoms with Crippen LogP contribution in [-0.4, -0.2) is 48.0 Å². The minimum absolute atomic E-state index is 0.142. The van der Waals surface area contributed by atoms with Gasteiger partial charge in [-0.15, -0.1) is 0 Å². The highest BCUT2D eigenvalue weighted by Crippen LogP contribution is 2.15. The zero-order chi connectivity index (χ0) is 14.2. The average molecular weight is 271 g/mol. The topological polar surface area (TPSA) is 56.1 Å². The maximum atomic E-state index is 11.3. The quantitative estimate of drug-likeness (QED) is 0.685. The van der Waals surface area contributed by atoms with Crippen LogP contribution in [0.1, 0.15) is 33.6 Å². The van der Waals surface area contributed by atoms with Crippen molar-refractivity contribution in [2.24, 2.45) is 0 Å². The molecule has 0 fully saturated rings. The smallest absolute Gasteiger partial charge is 0.232 e. The van der Waals surface area contributed by atoms with Gasteiger partial charge in [0, 0.05) is 20.1 Å². The fourth-order valence-electron chi connectivity index (χ4n) is 1.61. The monoisotopic (exact) mass is 271 g/mol. The maximum Gasteiger partial charge on any atom is 0.232 e. The third kappa shape index (κ3) is 7.57. The van der Waals surface area contributed by atoms with Crippen molar-refractivity contribution in [3.8, 4) is 6.07 Å². The first-order valence-corrected chi connectivity index (χ1v) is 7.43. The lowest BCUT2D eigenvalue weighted by Crippen LogP contribution is -2.44. The molecule has 0 bridgehead atoms. The van der Waals surface area contributed by atoms with E-state index in [1.807, 2.05) is 20.8 Å². The molecule has 0 aliphatic rings. The van der Waals surface area contributed by atoms with Crippen LogP contribution in [0.4, 0.5) is 0 Å². The molecule has 0 saturated carbocycles. The molecule has 1 atom stereocenters. The summed E-state index contributed by atoms with van der Waals surface area (Å²) in [7, 11) is 3.53. The van der Waals surface area contributed by atoms with Crippen molar-refractivity contribution < 1.29 is 4.79 Å². The number of amides is 1. The van der Waals surface area contributed by atoms with Crippen LogP contribution in [0.5, 0.6) is 0 Å². The first-order valence-electron chi connectivity index (χ1n) is 6.27. The van der Waals surface area contributed by atoms with Crippen molar-refractivity contribution in [1.29, 1.82) is 5.26 Å². The van der Waals surface area contributed by atoms with Crippen molar-refractivity contribution in [1.82, 2.24) is 10.2 Å². The molecule has 1 amide bonds. The van der Waals surface area contributed by atoms with Gasteiger partial charge in [-0.1, -0.05) is 0 Å². The summed E-state index contributed by atoms with van der Waals surface area (Å²) in [5.74, 6) is 1.58. The molecular formula is C13H25N3OS. The Bertz CT molecular complexity index is 299. The molecule has 0 radical (unpaired) electrons. The second kappa shape index (κ2) is 8.39. The summed E-state index contributed by atoms with van der Waals surface area (Å²) in [4.78, 5) is 12.9. The van der Waals surface area contributed by atoms with Gasteiger partial charge in [0.05, 0.1) is 11.8 Å². The molecule has 0 saturated heterocycles. The molecule has 0 heterocycles. The fourth-order valence-corrected chi connectivity index (χ4v) is 2.54. The summed E-state index contributed by atoms with van der Waals surface area (Å²) in [5.41, 5.74) is -0.458. The standard InChI is InChI=1S/C13H25N3OS/c1-11(2)15-13(3,10-14)7-6-8-18-9-12(17)16(4)5/h11,15H,6-9H2,1-5H3. The molecule has 18 heavy (non-hydrogen) atoms. The van der Waals surface area contributed by atoms with Crippen molar-refractivity contribution in [2.45, 2.75) is 45.2 Å². The number of hydrogen-bond donors (Lipinski definition) is 1. The summed E-state index contributed by atoms with van der Waals surface area (Å²) in [6.07, 6.45) is 1.75. The number of hydrogen-bond acceptors (Lipinski definition) is 4. The first kappa shape index (κ1) is 17.3. The molecule has 0 rings (SSSR count). The van der Waals surface area contributed by atoms with E-state index in [-0.39, 0.29) is 5.91 Å². The molecule has 0 aliphatic heterocycles. The number of thioether (sulfide) groups is 1. The minimum atomic E-state index is -0.458. The highest BCUT2D eigenvalue weighted by atomic mass is 32.2. The van der Waals surface area contributed by atoms with Gasteiger partial charge in [-0.25, -0.2) is 0 Å². The number of nitrogens with zero attached hydrogens (tertiary/aromatic N) is 2. The molecule has 1 unspecified atom stereocenters. The van der Waals surface area contributed by atoms with E-state index in [9.17, 15) is 10.1 Å². The molecule has 0 spiro atoms. The van der Waals surface area contributed by atoms with Gasteiger partial charge in [-0.2, -0.15) is 17.0 Å². The van der Waals surface area contributed by atoms with Crippen LogP contribution in [0.3, 0.4) is 0 Å². The second-order valence-electron chi connectivity index (χ2n) is 5.19. The number of nitriles is 1. The van der Waals surface area contributed by atoms with E-state index in [1.54, 1.807) is 30.8 Å². The Morgan fingerprint density at radius 3 is 2.56 bits per heavy atom. The summed E-state index contributed by atoms with van der Waals surface area (Å²) in [5, 5.41) is 12.4. The molecule has 4 nitrogen and oxygen atoms in total. The van der Waals surface area contributed by atoms with E-state index in [0.717, 1.165) is 18.6 Å². The minimum Gasteiger partial charge on any atom is -0.348 e. The van der Waals surface area contributed by atoms with Crippen LogP contribution in [0.25, 0.3) is 0 Å². The predicted octanol–water partition coefficient (Wildman–Crippen LogP) is 1.87. The van der Waals surface area contributed by atoms with Crippen molar-refractivity contribution in [2.75, 3.05) is 25.6 Å². The summed E-state index contributed by atoms with van der Waals surface area (Å²) in [6.45, 7) is 6.02. The van der Waals surface area contributed by atoms with E-state index >= 15 is 0 Å². The van der Waals surface area contributed by atoms with Gasteiger partial charge in [0.1, 0.15) is 5.54 Å². The normalized spacial score (nSPS) is 14.1. The Labute approximate surface area is 115 Å². The Balaban J connectivity index is 3.83. The lowest BCUT2D eigenvalue weighted by molar-refractivity contribution is -0.125. The lowest BCUT2D eigenvalue weighted by atomic mass is 9.97. The summed E-state index contributed by atoms with van der Waals surface area (Å²) < 4.78 is 0. The molecular weight excluding hydrogens is 246 g/mol. The van der Waals surface area contributed by atoms with Crippen LogP contribution < -0.4 is 5.32 Å². The first-order chi connectivity index (χ1) is 8.30. The zero-order valence-electron chi connectivity index (χ0n) is 12.1. The maximum absolute atomic E-state index is 11.3. The van der Waals surface area contributed by atoms with Crippen LogP contribution in [0.2, 0.25) is 0 Å². The number of carbonyl (C=O) groups excluding carboxylic acids is 1. The Morgan fingerprint density at radius 1 is 1.50 bits per heavy atom. The Morgan fingerprint density at radius 2 is 2.11 bits per heavy atom. The van der Waals surface area contributed by atoms with Crippen molar-refractivity contribution in [3.05, 3.63) is 0 Å². The third-order valence-corrected chi connectivity index (χ3v) is 3.57. The molecule has 0 aromatic heterocycles. The van der Waals surface area contributed by atoms with E-state index in [4.69, 9.17) is 0 Å². The Kier molecular flexibility index (Phi) is 8.05.